The second kappa shape index (κ2) is 6.06. The molecular weight excluding hydrogens is 310 g/mol. The average Bonchev–Trinajstić information content (AvgIpc) is 2.61. The zero-order valence-corrected chi connectivity index (χ0v) is 13.8. The van der Waals surface area contributed by atoms with Gasteiger partial charge in [-0.25, -0.2) is 0 Å². The molecule has 3 nitrogen and oxygen atoms in total. The number of ether oxygens (including phenoxy) is 2. The normalized spacial score (nSPS) is 25.9. The highest BCUT2D eigenvalue weighted by molar-refractivity contribution is 6.30. The summed E-state index contributed by atoms with van der Waals surface area (Å²) in [7, 11) is 1.69. The molecule has 120 valence electrons. The fraction of sp³-hybridized carbons (Fsp3) is 0.368. The van der Waals surface area contributed by atoms with Crippen LogP contribution in [0.1, 0.15) is 36.1 Å². The summed E-state index contributed by atoms with van der Waals surface area (Å²) in [5.41, 5.74) is 3.58. The van der Waals surface area contributed by atoms with Gasteiger partial charge < -0.3 is 14.8 Å². The van der Waals surface area contributed by atoms with E-state index in [-0.39, 0.29) is 12.1 Å². The Kier molecular flexibility index (Phi) is 3.92. The van der Waals surface area contributed by atoms with E-state index >= 15 is 0 Å². The van der Waals surface area contributed by atoms with Crippen molar-refractivity contribution in [2.45, 2.75) is 25.0 Å². The Morgan fingerprint density at radius 2 is 2.00 bits per heavy atom. The molecule has 4 heteroatoms. The minimum Gasteiger partial charge on any atom is -0.497 e. The number of methoxy groups -OCH3 is 1. The minimum atomic E-state index is 0.116. The molecule has 1 fully saturated rings. The Hall–Kier alpha value is -1.71. The van der Waals surface area contributed by atoms with Crippen molar-refractivity contribution in [2.24, 2.45) is 5.92 Å². The maximum atomic E-state index is 6.20. The zero-order chi connectivity index (χ0) is 15.8. The number of hydrogen-bond acceptors (Lipinski definition) is 3. The first-order chi connectivity index (χ1) is 11.3. The summed E-state index contributed by atoms with van der Waals surface area (Å²) >= 11 is 6.20. The summed E-state index contributed by atoms with van der Waals surface area (Å²) in [5, 5.41) is 4.46. The van der Waals surface area contributed by atoms with Crippen molar-refractivity contribution in [2.75, 3.05) is 19.0 Å². The second-order valence-corrected chi connectivity index (χ2v) is 6.66. The molecule has 1 unspecified atom stereocenters. The van der Waals surface area contributed by atoms with Crippen molar-refractivity contribution in [1.82, 2.24) is 0 Å². The van der Waals surface area contributed by atoms with Gasteiger partial charge in [0.15, 0.2) is 0 Å². The predicted octanol–water partition coefficient (Wildman–Crippen LogP) is 4.98. The summed E-state index contributed by atoms with van der Waals surface area (Å²) in [5.74, 6) is 1.30. The molecule has 0 amide bonds. The molecule has 0 aliphatic carbocycles. The molecule has 0 aromatic heterocycles. The molecule has 2 aliphatic rings. The van der Waals surface area contributed by atoms with Crippen LogP contribution in [0, 0.1) is 5.92 Å². The van der Waals surface area contributed by atoms with Gasteiger partial charge in [-0.15, -0.1) is 0 Å². The van der Waals surface area contributed by atoms with Crippen LogP contribution in [0.15, 0.2) is 42.5 Å². The Morgan fingerprint density at radius 3 is 2.78 bits per heavy atom. The quantitative estimate of drug-likeness (QED) is 0.842. The summed E-state index contributed by atoms with van der Waals surface area (Å²) < 4.78 is 11.4. The first-order valence-electron chi connectivity index (χ1n) is 8.08. The van der Waals surface area contributed by atoms with Crippen LogP contribution in [0.25, 0.3) is 0 Å². The number of rotatable bonds is 2. The van der Waals surface area contributed by atoms with E-state index in [4.69, 9.17) is 21.1 Å². The molecular formula is C19H20ClNO2. The highest BCUT2D eigenvalue weighted by Gasteiger charge is 2.39. The van der Waals surface area contributed by atoms with Gasteiger partial charge in [-0.2, -0.15) is 0 Å². The molecule has 2 aromatic rings. The van der Waals surface area contributed by atoms with Crippen LogP contribution in [0.2, 0.25) is 5.02 Å². The van der Waals surface area contributed by atoms with Crippen molar-refractivity contribution < 1.29 is 9.47 Å². The van der Waals surface area contributed by atoms with E-state index in [2.05, 4.69) is 23.5 Å². The number of anilines is 1. The van der Waals surface area contributed by atoms with Crippen LogP contribution in [-0.2, 0) is 4.74 Å². The van der Waals surface area contributed by atoms with E-state index in [1.165, 1.54) is 11.1 Å². The van der Waals surface area contributed by atoms with Crippen molar-refractivity contribution in [3.05, 3.63) is 58.6 Å². The molecule has 1 saturated heterocycles. The van der Waals surface area contributed by atoms with Crippen molar-refractivity contribution in [3.63, 3.8) is 0 Å². The van der Waals surface area contributed by atoms with Gasteiger partial charge in [0.1, 0.15) is 5.75 Å². The predicted molar refractivity (Wildman–Crippen MR) is 92.2 cm³/mol. The largest absolute Gasteiger partial charge is 0.497 e. The standard InChI is InChI=1S/C19H20ClNO2/c1-22-14-7-4-12(5-8-14)18-15-3-2-10-23-19(15)16-11-13(20)6-9-17(16)21-18/h4-9,11,15,18-19,21H,2-3,10H2,1H3/t15-,18?,19-/m0/s1. The molecule has 2 aromatic carbocycles. The van der Waals surface area contributed by atoms with Gasteiger partial charge >= 0.3 is 0 Å². The lowest BCUT2D eigenvalue weighted by atomic mass is 9.77. The van der Waals surface area contributed by atoms with Crippen LogP contribution in [0.4, 0.5) is 5.69 Å². The fourth-order valence-electron chi connectivity index (χ4n) is 3.78. The van der Waals surface area contributed by atoms with Gasteiger partial charge in [0.25, 0.3) is 0 Å². The molecule has 0 radical (unpaired) electrons. The van der Waals surface area contributed by atoms with E-state index in [1.807, 2.05) is 24.3 Å². The highest BCUT2D eigenvalue weighted by Crippen LogP contribution is 2.49. The summed E-state index contributed by atoms with van der Waals surface area (Å²) in [6.07, 6.45) is 2.37. The van der Waals surface area contributed by atoms with Gasteiger partial charge in [0.05, 0.1) is 19.3 Å². The first kappa shape index (κ1) is 14.9. The van der Waals surface area contributed by atoms with Gasteiger partial charge in [0, 0.05) is 28.8 Å². The Morgan fingerprint density at radius 1 is 1.17 bits per heavy atom. The Bertz CT molecular complexity index is 701. The van der Waals surface area contributed by atoms with Gasteiger partial charge in [-0.3, -0.25) is 0 Å². The van der Waals surface area contributed by atoms with Gasteiger partial charge in [-0.05, 0) is 48.7 Å². The van der Waals surface area contributed by atoms with Crippen LogP contribution < -0.4 is 10.1 Å². The zero-order valence-electron chi connectivity index (χ0n) is 13.1. The summed E-state index contributed by atoms with van der Waals surface area (Å²) in [4.78, 5) is 0. The Labute approximate surface area is 141 Å². The molecule has 2 aliphatic heterocycles. The van der Waals surface area contributed by atoms with Gasteiger partial charge in [0.2, 0.25) is 0 Å². The van der Waals surface area contributed by atoms with Crippen LogP contribution >= 0.6 is 11.6 Å². The van der Waals surface area contributed by atoms with Gasteiger partial charge in [-0.1, -0.05) is 23.7 Å². The SMILES string of the molecule is COc1ccc(C2Nc3ccc(Cl)cc3[C@H]3OCCC[C@@H]23)cc1. The molecule has 0 bridgehead atoms. The number of nitrogens with one attached hydrogen (secondary N) is 1. The van der Waals surface area contributed by atoms with Crippen LogP contribution in [0.5, 0.6) is 5.75 Å². The van der Waals surface area contributed by atoms with Crippen LogP contribution in [-0.4, -0.2) is 13.7 Å². The average molecular weight is 330 g/mol. The molecule has 2 heterocycles. The van der Waals surface area contributed by atoms with E-state index in [1.54, 1.807) is 7.11 Å². The van der Waals surface area contributed by atoms with Crippen molar-refractivity contribution >= 4 is 17.3 Å². The maximum Gasteiger partial charge on any atom is 0.118 e. The number of benzene rings is 2. The number of hydrogen-bond donors (Lipinski definition) is 1. The third-order valence-electron chi connectivity index (χ3n) is 4.90. The van der Waals surface area contributed by atoms with E-state index < -0.39 is 0 Å². The lowest BCUT2D eigenvalue weighted by Gasteiger charge is -2.43. The van der Waals surface area contributed by atoms with Crippen molar-refractivity contribution in [1.29, 1.82) is 0 Å². The fourth-order valence-corrected chi connectivity index (χ4v) is 3.96. The van der Waals surface area contributed by atoms with Crippen LogP contribution in [0.3, 0.4) is 0 Å². The number of fused-ring (bicyclic) bond motifs is 3. The molecule has 3 atom stereocenters. The minimum absolute atomic E-state index is 0.116. The van der Waals surface area contributed by atoms with Crippen molar-refractivity contribution in [3.8, 4) is 5.75 Å². The molecule has 0 spiro atoms. The second-order valence-electron chi connectivity index (χ2n) is 6.22. The topological polar surface area (TPSA) is 30.5 Å². The van der Waals surface area contributed by atoms with E-state index in [0.29, 0.717) is 5.92 Å². The third-order valence-corrected chi connectivity index (χ3v) is 5.14. The molecule has 1 N–H and O–H groups in total. The summed E-state index contributed by atoms with van der Waals surface area (Å²) in [6, 6.07) is 14.6. The highest BCUT2D eigenvalue weighted by atomic mass is 35.5. The Balaban J connectivity index is 1.73. The first-order valence-corrected chi connectivity index (χ1v) is 8.45. The molecule has 23 heavy (non-hydrogen) atoms. The van der Waals surface area contributed by atoms with E-state index in [0.717, 1.165) is 35.9 Å². The smallest absolute Gasteiger partial charge is 0.118 e. The molecule has 0 saturated carbocycles. The van der Waals surface area contributed by atoms with E-state index in [9.17, 15) is 0 Å². The lowest BCUT2D eigenvalue weighted by Crippen LogP contribution is -2.35. The number of halogens is 1. The lowest BCUT2D eigenvalue weighted by molar-refractivity contribution is -0.0381. The maximum absolute atomic E-state index is 6.20. The molecule has 4 rings (SSSR count). The summed E-state index contributed by atoms with van der Waals surface area (Å²) in [6.45, 7) is 0.822. The monoisotopic (exact) mass is 329 g/mol. The third kappa shape index (κ3) is 2.68.